The first kappa shape index (κ1) is 30.7. The zero-order valence-electron chi connectivity index (χ0n) is 24.4. The van der Waals surface area contributed by atoms with Crippen molar-refractivity contribution in [3.8, 4) is 0 Å². The highest BCUT2D eigenvalue weighted by molar-refractivity contribution is 5.82. The quantitative estimate of drug-likeness (QED) is 0.244. The highest BCUT2D eigenvalue weighted by Crippen LogP contribution is 2.71. The maximum Gasteiger partial charge on any atom is 0.253 e. The van der Waals surface area contributed by atoms with Crippen molar-refractivity contribution >= 4 is 18.0 Å². The lowest BCUT2D eigenvalue weighted by Gasteiger charge is -2.46. The molecule has 9 atom stereocenters. The van der Waals surface area contributed by atoms with Crippen molar-refractivity contribution in [3.63, 3.8) is 0 Å². The average molecular weight is 583 g/mol. The van der Waals surface area contributed by atoms with Gasteiger partial charge in [-0.3, -0.25) is 19.5 Å². The van der Waals surface area contributed by atoms with E-state index in [1.165, 1.54) is 6.21 Å². The summed E-state index contributed by atoms with van der Waals surface area (Å²) in [6, 6.07) is -1.65. The van der Waals surface area contributed by atoms with E-state index in [-0.39, 0.29) is 29.2 Å². The Morgan fingerprint density at radius 1 is 1.15 bits per heavy atom. The molecule has 3 saturated heterocycles. The third-order valence-corrected chi connectivity index (χ3v) is 10.4. The van der Waals surface area contributed by atoms with Gasteiger partial charge < -0.3 is 37.1 Å². The van der Waals surface area contributed by atoms with Gasteiger partial charge >= 0.3 is 0 Å². The van der Waals surface area contributed by atoms with Gasteiger partial charge in [0.05, 0.1) is 36.8 Å². The van der Waals surface area contributed by atoms with Gasteiger partial charge in [0.2, 0.25) is 5.91 Å². The number of fused-ring (bicyclic) bond motifs is 1. The van der Waals surface area contributed by atoms with Crippen LogP contribution in [0.15, 0.2) is 4.99 Å². The van der Waals surface area contributed by atoms with E-state index in [2.05, 4.69) is 34.8 Å². The minimum absolute atomic E-state index is 0.0459. The zero-order chi connectivity index (χ0) is 29.4. The summed E-state index contributed by atoms with van der Waals surface area (Å²) in [5.41, 5.74) is 12.1. The second-order valence-electron chi connectivity index (χ2n) is 13.0. The maximum absolute atomic E-state index is 15.5. The fraction of sp³-hybridized carbons (Fsp3) is 0.893. The molecule has 5 aliphatic rings. The van der Waals surface area contributed by atoms with Gasteiger partial charge in [0.15, 0.2) is 0 Å². The number of hydrogen-bond acceptors (Lipinski definition) is 9. The number of nitrogens with two attached hydrogens (primary N) is 2. The van der Waals surface area contributed by atoms with E-state index in [9.17, 15) is 14.0 Å². The Kier molecular flexibility index (Phi) is 9.32. The van der Waals surface area contributed by atoms with Crippen LogP contribution in [0.4, 0.5) is 8.78 Å². The Hall–Kier alpha value is -1.77. The Morgan fingerprint density at radius 3 is 2.56 bits per heavy atom. The van der Waals surface area contributed by atoms with Gasteiger partial charge in [-0.05, 0) is 36.5 Å². The van der Waals surface area contributed by atoms with Crippen LogP contribution in [0, 0.1) is 16.7 Å². The molecule has 0 radical (unpaired) electrons. The summed E-state index contributed by atoms with van der Waals surface area (Å²) in [6.45, 7) is 8.43. The fourth-order valence-corrected chi connectivity index (χ4v) is 7.91. The molecule has 0 spiro atoms. The fourth-order valence-electron chi connectivity index (χ4n) is 7.91. The highest BCUT2D eigenvalue weighted by atomic mass is 19.1. The first-order chi connectivity index (χ1) is 19.6. The summed E-state index contributed by atoms with van der Waals surface area (Å²) in [4.78, 5) is 35.0. The van der Waals surface area contributed by atoms with Crippen molar-refractivity contribution in [2.24, 2.45) is 33.2 Å². The molecule has 7 N–H and O–H groups in total. The molecule has 0 aromatic rings. The Balaban J connectivity index is 1.25. The van der Waals surface area contributed by atoms with Crippen LogP contribution >= 0.6 is 0 Å². The molecule has 4 fully saturated rings. The summed E-state index contributed by atoms with van der Waals surface area (Å²) < 4.78 is 35.8. The van der Waals surface area contributed by atoms with Crippen molar-refractivity contribution in [2.75, 3.05) is 59.0 Å². The molecule has 2 amide bonds. The lowest BCUT2D eigenvalue weighted by Crippen LogP contribution is -2.68. The summed E-state index contributed by atoms with van der Waals surface area (Å²) >= 11 is 0. The largest absolute Gasteiger partial charge is 0.366 e. The topological polar surface area (TPSA) is 150 Å². The summed E-state index contributed by atoms with van der Waals surface area (Å²) in [5.74, 6) is -1.30. The summed E-state index contributed by atoms with van der Waals surface area (Å²) in [6.07, 6.45) is 0.225. The zero-order valence-corrected chi connectivity index (χ0v) is 24.4. The van der Waals surface area contributed by atoms with Crippen LogP contribution in [0.3, 0.4) is 0 Å². The number of hydrogen-bond donors (Lipinski definition) is 5. The third kappa shape index (κ3) is 6.30. The Bertz CT molecular complexity index is 976. The van der Waals surface area contributed by atoms with E-state index < -0.39 is 48.7 Å². The summed E-state index contributed by atoms with van der Waals surface area (Å²) in [5, 5.41) is 9.33. The van der Waals surface area contributed by atoms with Gasteiger partial charge in [-0.1, -0.05) is 13.8 Å². The Morgan fingerprint density at radius 2 is 1.90 bits per heavy atom. The van der Waals surface area contributed by atoms with Gasteiger partial charge in [0.1, 0.15) is 18.4 Å². The molecule has 11 nitrogen and oxygen atoms in total. The highest BCUT2D eigenvalue weighted by Gasteiger charge is 2.64. The van der Waals surface area contributed by atoms with E-state index >= 15 is 4.39 Å². The number of aliphatic imine (C=N–C) groups is 1. The maximum atomic E-state index is 15.5. The molecule has 4 heterocycles. The number of morpholine rings is 1. The average Bonchev–Trinajstić information content (AvgIpc) is 3.52. The number of rotatable bonds is 7. The normalized spacial score (nSPS) is 40.8. The number of amides is 2. The van der Waals surface area contributed by atoms with Crippen LogP contribution in [0.2, 0.25) is 0 Å². The first-order valence-corrected chi connectivity index (χ1v) is 15.3. The van der Waals surface area contributed by atoms with E-state index in [1.807, 2.05) is 4.90 Å². The lowest BCUT2D eigenvalue weighted by atomic mass is 9.78. The molecule has 0 aromatic heterocycles. The lowest BCUT2D eigenvalue weighted by molar-refractivity contribution is -0.147. The number of nitrogens with one attached hydrogen (secondary N) is 3. The molecule has 5 rings (SSSR count). The standard InChI is InChI=1S/C28H48F2N8O3/c1-3-28-11-19(35-12-17(29)10-27(28,2)16-28)22(24(31)32)25(39)36-20-14-34-13-18(30)23(20)37-5-7-38(8-6-37)26(40)21-15-33-4-9-41-21/h12,17-24,33-34H,3-11,13-16,31-32H2,1-2H3,(H,36,39). The molecule has 0 bridgehead atoms. The van der Waals surface area contributed by atoms with Crippen molar-refractivity contribution in [1.29, 1.82) is 0 Å². The van der Waals surface area contributed by atoms with Crippen LogP contribution in [-0.4, -0.2) is 130 Å². The van der Waals surface area contributed by atoms with Crippen LogP contribution in [0.5, 0.6) is 0 Å². The van der Waals surface area contributed by atoms with Crippen LogP contribution in [0.1, 0.15) is 39.5 Å². The summed E-state index contributed by atoms with van der Waals surface area (Å²) in [7, 11) is 0. The van der Waals surface area contributed by atoms with E-state index in [4.69, 9.17) is 16.2 Å². The number of ether oxygens (including phenoxy) is 1. The van der Waals surface area contributed by atoms with Crippen LogP contribution in [-0.2, 0) is 14.3 Å². The number of piperidine rings is 1. The molecular formula is C28H48F2N8O3. The number of nitrogens with zero attached hydrogens (tertiary/aromatic N) is 3. The number of carbonyl (C=O) groups excluding carboxylic acids is 2. The number of alkyl halides is 2. The van der Waals surface area contributed by atoms with E-state index in [0.717, 1.165) is 19.4 Å². The first-order valence-electron chi connectivity index (χ1n) is 15.3. The second-order valence-corrected chi connectivity index (χ2v) is 13.0. The third-order valence-electron chi connectivity index (χ3n) is 10.4. The van der Waals surface area contributed by atoms with Crippen molar-refractivity contribution in [3.05, 3.63) is 0 Å². The van der Waals surface area contributed by atoms with E-state index in [0.29, 0.717) is 58.7 Å². The van der Waals surface area contributed by atoms with E-state index in [1.54, 1.807) is 4.90 Å². The van der Waals surface area contributed by atoms with Crippen molar-refractivity contribution < 1.29 is 23.1 Å². The number of halogens is 2. The molecule has 41 heavy (non-hydrogen) atoms. The van der Waals surface area contributed by atoms with Gasteiger partial charge in [-0.15, -0.1) is 0 Å². The molecular weight excluding hydrogens is 534 g/mol. The van der Waals surface area contributed by atoms with Crippen molar-refractivity contribution in [2.45, 2.75) is 82.3 Å². The molecule has 1 aliphatic carbocycles. The molecule has 0 aromatic carbocycles. The minimum atomic E-state index is -1.21. The van der Waals surface area contributed by atoms with Gasteiger partial charge in [0, 0.05) is 58.6 Å². The second kappa shape index (κ2) is 12.5. The van der Waals surface area contributed by atoms with Gasteiger partial charge in [-0.25, -0.2) is 8.78 Å². The van der Waals surface area contributed by atoms with Gasteiger partial charge in [-0.2, -0.15) is 0 Å². The molecule has 13 heteroatoms. The monoisotopic (exact) mass is 582 g/mol. The molecule has 1 saturated carbocycles. The molecule has 9 unspecified atom stereocenters. The molecule has 232 valence electrons. The van der Waals surface area contributed by atoms with Gasteiger partial charge in [0.25, 0.3) is 5.91 Å². The predicted octanol–water partition coefficient (Wildman–Crippen LogP) is -0.849. The predicted molar refractivity (Wildman–Crippen MR) is 152 cm³/mol. The number of carbonyl (C=O) groups is 2. The SMILES string of the molecule is CCC12CC(C(C(=O)NC3CNCC(F)C3N3CCN(C(=O)C4CNCCO4)CC3)C(N)N)N=CC(F)CC1(C)C2. The minimum Gasteiger partial charge on any atom is -0.366 e. The van der Waals surface area contributed by atoms with Crippen LogP contribution in [0.25, 0.3) is 0 Å². The van der Waals surface area contributed by atoms with Crippen LogP contribution < -0.4 is 27.4 Å². The molecule has 4 aliphatic heterocycles. The smallest absolute Gasteiger partial charge is 0.253 e. The Labute approximate surface area is 241 Å². The number of piperazine rings is 1. The van der Waals surface area contributed by atoms with Crippen molar-refractivity contribution in [1.82, 2.24) is 25.8 Å².